The number of carbonyl (C=O) groups is 3. The van der Waals surface area contributed by atoms with Crippen molar-refractivity contribution in [3.05, 3.63) is 77.6 Å². The van der Waals surface area contributed by atoms with Crippen LogP contribution in [0.1, 0.15) is 21.5 Å². The number of fused-ring (bicyclic) bond motifs is 1. The largest absolute Gasteiger partial charge is 0.497 e. The second kappa shape index (κ2) is 8.18. The van der Waals surface area contributed by atoms with E-state index in [1.807, 2.05) is 24.3 Å². The van der Waals surface area contributed by atoms with Gasteiger partial charge in [0.05, 0.1) is 27.0 Å². The Kier molecular flexibility index (Phi) is 5.16. The van der Waals surface area contributed by atoms with E-state index in [1.165, 1.54) is 7.11 Å². The lowest BCUT2D eigenvalue weighted by atomic mass is 9.88. The summed E-state index contributed by atoms with van der Waals surface area (Å²) in [5, 5.41) is 5.08. The van der Waals surface area contributed by atoms with Crippen molar-refractivity contribution in [2.75, 3.05) is 20.8 Å². The third kappa shape index (κ3) is 3.51. The molecule has 0 bridgehead atoms. The number of carbonyl (C=O) groups excluding carboxylic acids is 3. The number of amides is 4. The molecule has 1 atom stereocenters. The fraction of sp³-hybridized carbons (Fsp3) is 0.200. The number of nitrogens with one attached hydrogen (secondary N) is 2. The number of benzene rings is 2. The van der Waals surface area contributed by atoms with Gasteiger partial charge in [0, 0.05) is 23.9 Å². The SMILES string of the molecule is COc1cncc(-c2ccc([C@]3(CN4Cc5ccc(OC)cc5C4=O)NC(=O)NC3=O)cc2)c1. The van der Waals surface area contributed by atoms with Crippen LogP contribution in [-0.4, -0.2) is 48.5 Å². The zero-order valence-corrected chi connectivity index (χ0v) is 18.6. The summed E-state index contributed by atoms with van der Waals surface area (Å²) < 4.78 is 10.5. The number of pyridine rings is 1. The number of hydrogen-bond acceptors (Lipinski definition) is 6. The molecule has 0 unspecified atom stereocenters. The van der Waals surface area contributed by atoms with Crippen molar-refractivity contribution in [2.24, 2.45) is 0 Å². The third-order valence-corrected chi connectivity index (χ3v) is 6.23. The Labute approximate surface area is 195 Å². The first kappa shape index (κ1) is 21.4. The normalized spacial score (nSPS) is 19.0. The van der Waals surface area contributed by atoms with Crippen molar-refractivity contribution in [3.8, 4) is 22.6 Å². The highest BCUT2D eigenvalue weighted by atomic mass is 16.5. The summed E-state index contributed by atoms with van der Waals surface area (Å²) in [6.45, 7) is 0.317. The molecule has 2 aromatic carbocycles. The van der Waals surface area contributed by atoms with Gasteiger partial charge in [-0.3, -0.25) is 19.9 Å². The van der Waals surface area contributed by atoms with Crippen LogP contribution in [0.2, 0.25) is 0 Å². The first-order valence-corrected chi connectivity index (χ1v) is 10.6. The molecule has 3 heterocycles. The summed E-state index contributed by atoms with van der Waals surface area (Å²) in [5.74, 6) is 0.485. The van der Waals surface area contributed by atoms with Gasteiger partial charge >= 0.3 is 6.03 Å². The number of urea groups is 1. The van der Waals surface area contributed by atoms with Crippen LogP contribution in [0.4, 0.5) is 4.79 Å². The molecule has 0 aliphatic carbocycles. The van der Waals surface area contributed by atoms with Gasteiger partial charge in [-0.15, -0.1) is 0 Å². The number of rotatable bonds is 6. The van der Waals surface area contributed by atoms with E-state index in [0.29, 0.717) is 29.2 Å². The topological polar surface area (TPSA) is 110 Å². The second-order valence-corrected chi connectivity index (χ2v) is 8.19. The van der Waals surface area contributed by atoms with E-state index in [0.717, 1.165) is 16.7 Å². The van der Waals surface area contributed by atoms with Gasteiger partial charge in [0.2, 0.25) is 0 Å². The van der Waals surface area contributed by atoms with Crippen molar-refractivity contribution in [2.45, 2.75) is 12.1 Å². The molecular formula is C25H22N4O5. The maximum atomic E-state index is 13.1. The van der Waals surface area contributed by atoms with E-state index in [2.05, 4.69) is 15.6 Å². The monoisotopic (exact) mass is 458 g/mol. The fourth-order valence-electron chi connectivity index (χ4n) is 4.41. The van der Waals surface area contributed by atoms with Crippen molar-refractivity contribution in [1.82, 2.24) is 20.5 Å². The average molecular weight is 458 g/mol. The number of hydrogen-bond donors (Lipinski definition) is 2. The molecular weight excluding hydrogens is 436 g/mol. The Hall–Kier alpha value is -4.40. The Morgan fingerprint density at radius 2 is 1.71 bits per heavy atom. The number of ether oxygens (including phenoxy) is 2. The Bertz CT molecular complexity index is 1310. The highest BCUT2D eigenvalue weighted by Crippen LogP contribution is 2.33. The van der Waals surface area contributed by atoms with Crippen LogP contribution in [0, 0.1) is 0 Å². The summed E-state index contributed by atoms with van der Waals surface area (Å²) in [6, 6.07) is 13.8. The molecule has 172 valence electrons. The maximum Gasteiger partial charge on any atom is 0.322 e. The standard InChI is InChI=1S/C25H22N4O5/c1-33-19-8-5-16-13-29(22(30)21(16)10-19)14-25(23(31)27-24(32)28-25)18-6-3-15(4-7-18)17-9-20(34-2)12-26-11-17/h3-12H,13-14H2,1-2H3,(H2,27,28,31,32)/t25-/m0/s1. The minimum Gasteiger partial charge on any atom is -0.497 e. The molecule has 2 aliphatic heterocycles. The van der Waals surface area contributed by atoms with Crippen molar-refractivity contribution >= 4 is 17.8 Å². The lowest BCUT2D eigenvalue weighted by Gasteiger charge is -2.31. The molecule has 9 heteroatoms. The number of methoxy groups -OCH3 is 2. The predicted octanol–water partition coefficient (Wildman–Crippen LogP) is 2.46. The summed E-state index contributed by atoms with van der Waals surface area (Å²) in [6.07, 6.45) is 3.33. The van der Waals surface area contributed by atoms with E-state index < -0.39 is 17.5 Å². The minimum absolute atomic E-state index is 0.0134. The van der Waals surface area contributed by atoms with Crippen LogP contribution in [0.3, 0.4) is 0 Å². The summed E-state index contributed by atoms with van der Waals surface area (Å²) in [7, 11) is 3.11. The highest BCUT2D eigenvalue weighted by molar-refractivity contribution is 6.08. The van der Waals surface area contributed by atoms with Gasteiger partial charge in [0.1, 0.15) is 11.5 Å². The number of nitrogens with zero attached hydrogens (tertiary/aromatic N) is 2. The zero-order valence-electron chi connectivity index (χ0n) is 18.6. The Balaban J connectivity index is 1.47. The molecule has 5 rings (SSSR count). The molecule has 3 aromatic rings. The minimum atomic E-state index is -1.41. The molecule has 0 saturated carbocycles. The van der Waals surface area contributed by atoms with Crippen LogP contribution in [0.25, 0.3) is 11.1 Å². The average Bonchev–Trinajstić information content (AvgIpc) is 3.33. The van der Waals surface area contributed by atoms with Crippen molar-refractivity contribution in [3.63, 3.8) is 0 Å². The van der Waals surface area contributed by atoms with Crippen LogP contribution in [0.5, 0.6) is 11.5 Å². The van der Waals surface area contributed by atoms with Gasteiger partial charge in [0.15, 0.2) is 5.54 Å². The van der Waals surface area contributed by atoms with Crippen LogP contribution < -0.4 is 20.1 Å². The van der Waals surface area contributed by atoms with Gasteiger partial charge < -0.3 is 19.7 Å². The molecule has 34 heavy (non-hydrogen) atoms. The van der Waals surface area contributed by atoms with Gasteiger partial charge in [-0.2, -0.15) is 0 Å². The second-order valence-electron chi connectivity index (χ2n) is 8.19. The zero-order chi connectivity index (χ0) is 23.9. The predicted molar refractivity (Wildman–Crippen MR) is 122 cm³/mol. The summed E-state index contributed by atoms with van der Waals surface area (Å²) in [4.78, 5) is 44.1. The van der Waals surface area contributed by atoms with Gasteiger partial charge in [-0.25, -0.2) is 4.79 Å². The molecule has 1 fully saturated rings. The molecule has 9 nitrogen and oxygen atoms in total. The third-order valence-electron chi connectivity index (χ3n) is 6.23. The highest BCUT2D eigenvalue weighted by Gasteiger charge is 2.50. The van der Waals surface area contributed by atoms with E-state index >= 15 is 0 Å². The molecule has 4 amide bonds. The van der Waals surface area contributed by atoms with Gasteiger partial charge in [0.25, 0.3) is 11.8 Å². The first-order valence-electron chi connectivity index (χ1n) is 10.6. The molecule has 2 aliphatic rings. The van der Waals surface area contributed by atoms with Gasteiger partial charge in [-0.1, -0.05) is 30.3 Å². The quantitative estimate of drug-likeness (QED) is 0.549. The lowest BCUT2D eigenvalue weighted by Crippen LogP contribution is -2.52. The summed E-state index contributed by atoms with van der Waals surface area (Å²) in [5.41, 5.74) is 2.23. The fourth-order valence-corrected chi connectivity index (χ4v) is 4.41. The molecule has 2 N–H and O–H groups in total. The molecule has 1 aromatic heterocycles. The first-order chi connectivity index (χ1) is 16.4. The van der Waals surface area contributed by atoms with E-state index in [-0.39, 0.29) is 12.5 Å². The van der Waals surface area contributed by atoms with Crippen LogP contribution in [0.15, 0.2) is 60.9 Å². The summed E-state index contributed by atoms with van der Waals surface area (Å²) >= 11 is 0. The van der Waals surface area contributed by atoms with E-state index in [4.69, 9.17) is 9.47 Å². The Morgan fingerprint density at radius 3 is 2.38 bits per heavy atom. The number of aromatic nitrogens is 1. The van der Waals surface area contributed by atoms with Gasteiger partial charge in [-0.05, 0) is 34.9 Å². The van der Waals surface area contributed by atoms with Crippen molar-refractivity contribution < 1.29 is 23.9 Å². The molecule has 0 radical (unpaired) electrons. The molecule has 1 saturated heterocycles. The Morgan fingerprint density at radius 1 is 0.941 bits per heavy atom. The van der Waals surface area contributed by atoms with E-state index in [9.17, 15) is 14.4 Å². The van der Waals surface area contributed by atoms with Crippen LogP contribution >= 0.6 is 0 Å². The number of imide groups is 1. The molecule has 0 spiro atoms. The van der Waals surface area contributed by atoms with Crippen LogP contribution in [-0.2, 0) is 16.9 Å². The smallest absolute Gasteiger partial charge is 0.322 e. The lowest BCUT2D eigenvalue weighted by molar-refractivity contribution is -0.124. The van der Waals surface area contributed by atoms with Crippen molar-refractivity contribution in [1.29, 1.82) is 0 Å². The van der Waals surface area contributed by atoms with E-state index in [1.54, 1.807) is 48.7 Å². The maximum absolute atomic E-state index is 13.1.